The van der Waals surface area contributed by atoms with Crippen LogP contribution in [0.15, 0.2) is 72.8 Å². The summed E-state index contributed by atoms with van der Waals surface area (Å²) < 4.78 is 11.4. The van der Waals surface area contributed by atoms with Crippen molar-refractivity contribution in [1.29, 1.82) is 0 Å². The molecule has 0 amide bonds. The van der Waals surface area contributed by atoms with Gasteiger partial charge in [0.1, 0.15) is 17.6 Å². The van der Waals surface area contributed by atoms with E-state index < -0.39 is 0 Å². The van der Waals surface area contributed by atoms with Gasteiger partial charge >= 0.3 is 0 Å². The molecule has 0 N–H and O–H groups in total. The molecule has 3 rings (SSSR count). The molecule has 0 bridgehead atoms. The Morgan fingerprint density at radius 1 is 0.966 bits per heavy atom. The smallest absolute Gasteiger partial charge is 0.193 e. The monoisotopic (exact) mass is 408 g/mol. The lowest BCUT2D eigenvalue weighted by atomic mass is 10.0. The molecular formula is C24H23ClNO3. The Hall–Kier alpha value is -2.82. The maximum absolute atomic E-state index is 12.8. The highest BCUT2D eigenvalue weighted by Gasteiger charge is 2.15. The van der Waals surface area contributed by atoms with Crippen molar-refractivity contribution in [1.82, 2.24) is 5.32 Å². The molecule has 4 nitrogen and oxygen atoms in total. The summed E-state index contributed by atoms with van der Waals surface area (Å²) in [4.78, 5) is 12.8. The summed E-state index contributed by atoms with van der Waals surface area (Å²) in [5.41, 5.74) is 2.19. The van der Waals surface area contributed by atoms with E-state index in [9.17, 15) is 4.79 Å². The van der Waals surface area contributed by atoms with Gasteiger partial charge in [0.05, 0.1) is 7.11 Å². The number of methoxy groups -OCH3 is 1. The van der Waals surface area contributed by atoms with Crippen LogP contribution >= 0.6 is 11.6 Å². The van der Waals surface area contributed by atoms with Crippen molar-refractivity contribution in [2.24, 2.45) is 0 Å². The number of carbonyl (C=O) groups is 1. The Morgan fingerprint density at radius 2 is 1.69 bits per heavy atom. The van der Waals surface area contributed by atoms with E-state index in [2.05, 4.69) is 5.32 Å². The number of hydrogen-bond donors (Lipinski definition) is 0. The number of halogens is 1. The maximum atomic E-state index is 12.8. The number of rotatable bonds is 9. The van der Waals surface area contributed by atoms with Crippen LogP contribution in [0, 0.1) is 0 Å². The van der Waals surface area contributed by atoms with Gasteiger partial charge in [0.25, 0.3) is 0 Å². The topological polar surface area (TPSA) is 49.6 Å². The van der Waals surface area contributed by atoms with Gasteiger partial charge in [-0.3, -0.25) is 4.79 Å². The van der Waals surface area contributed by atoms with Gasteiger partial charge in [0.15, 0.2) is 5.78 Å². The molecule has 0 fully saturated rings. The third-order valence-corrected chi connectivity index (χ3v) is 4.84. The van der Waals surface area contributed by atoms with E-state index in [1.165, 1.54) is 0 Å². The van der Waals surface area contributed by atoms with Gasteiger partial charge in [-0.25, -0.2) is 5.32 Å². The molecule has 149 valence electrons. The molecular weight excluding hydrogens is 386 g/mol. The molecule has 0 spiro atoms. The number of ketones is 1. The molecule has 1 atom stereocenters. The molecule has 3 aromatic rings. The van der Waals surface area contributed by atoms with Crippen LogP contribution in [-0.4, -0.2) is 26.5 Å². The van der Waals surface area contributed by atoms with Crippen LogP contribution in [0.3, 0.4) is 0 Å². The van der Waals surface area contributed by atoms with Gasteiger partial charge in [-0.1, -0.05) is 35.9 Å². The average molecular weight is 409 g/mol. The Kier molecular flexibility index (Phi) is 7.28. The fraction of sp³-hybridized carbons (Fsp3) is 0.208. The first kappa shape index (κ1) is 20.9. The summed E-state index contributed by atoms with van der Waals surface area (Å²) in [5.74, 6) is 1.29. The van der Waals surface area contributed by atoms with Crippen molar-refractivity contribution >= 4 is 17.4 Å². The number of hydrogen-bond acceptors (Lipinski definition) is 3. The molecule has 0 aliphatic carbocycles. The first-order valence-electron chi connectivity index (χ1n) is 9.37. The molecule has 0 heterocycles. The number of benzene rings is 3. The lowest BCUT2D eigenvalue weighted by molar-refractivity contribution is 0.103. The SMILES string of the molecule is C[N]CCC(Oc1cccc(C(=O)c2ccc(OC)cc2)c1)c1ccc(Cl)cc1. The minimum atomic E-state index is -0.178. The number of ether oxygens (including phenoxy) is 2. The van der Waals surface area contributed by atoms with Gasteiger partial charge in [-0.05, 0) is 54.1 Å². The zero-order valence-electron chi connectivity index (χ0n) is 16.5. The van der Waals surface area contributed by atoms with Crippen LogP contribution in [-0.2, 0) is 0 Å². The maximum Gasteiger partial charge on any atom is 0.193 e. The third kappa shape index (κ3) is 5.59. The van der Waals surface area contributed by atoms with Crippen molar-refractivity contribution < 1.29 is 14.3 Å². The van der Waals surface area contributed by atoms with Crippen LogP contribution in [0.1, 0.15) is 34.0 Å². The van der Waals surface area contributed by atoms with Gasteiger partial charge < -0.3 is 9.47 Å². The summed E-state index contributed by atoms with van der Waals surface area (Å²) in [7, 11) is 3.38. The zero-order chi connectivity index (χ0) is 20.6. The van der Waals surface area contributed by atoms with E-state index in [4.69, 9.17) is 21.1 Å². The molecule has 0 saturated carbocycles. The summed E-state index contributed by atoms with van der Waals surface area (Å²) in [6.07, 6.45) is 0.553. The summed E-state index contributed by atoms with van der Waals surface area (Å²) in [6, 6.07) is 21.9. The molecule has 5 heteroatoms. The number of nitrogens with zero attached hydrogens (tertiary/aromatic N) is 1. The molecule has 0 saturated heterocycles. The van der Waals surface area contributed by atoms with Crippen molar-refractivity contribution in [2.45, 2.75) is 12.5 Å². The van der Waals surface area contributed by atoms with E-state index in [1.807, 2.05) is 36.4 Å². The quantitative estimate of drug-likeness (QED) is 0.450. The van der Waals surface area contributed by atoms with E-state index in [0.29, 0.717) is 34.2 Å². The van der Waals surface area contributed by atoms with Crippen LogP contribution in [0.25, 0.3) is 0 Å². The Labute approximate surface area is 176 Å². The second-order valence-electron chi connectivity index (χ2n) is 6.57. The van der Waals surface area contributed by atoms with Gasteiger partial charge in [-0.15, -0.1) is 0 Å². The van der Waals surface area contributed by atoms with Crippen molar-refractivity contribution in [3.05, 3.63) is 94.5 Å². The molecule has 0 aromatic heterocycles. The third-order valence-electron chi connectivity index (χ3n) is 4.58. The van der Waals surface area contributed by atoms with Crippen molar-refractivity contribution in [3.63, 3.8) is 0 Å². The predicted octanol–water partition coefficient (Wildman–Crippen LogP) is 5.32. The standard InChI is InChI=1S/C24H23ClNO3/c1-26-15-14-23(17-6-10-20(25)11-7-17)29-22-5-3-4-19(16-22)24(27)18-8-12-21(28-2)13-9-18/h3-13,16,23H,14-15H2,1-2H3. The summed E-state index contributed by atoms with van der Waals surface area (Å²) in [6.45, 7) is 0.678. The van der Waals surface area contributed by atoms with Gasteiger partial charge in [0.2, 0.25) is 0 Å². The average Bonchev–Trinajstić information content (AvgIpc) is 2.77. The summed E-state index contributed by atoms with van der Waals surface area (Å²) in [5, 5.41) is 4.87. The highest BCUT2D eigenvalue weighted by atomic mass is 35.5. The van der Waals surface area contributed by atoms with Crippen molar-refractivity contribution in [2.75, 3.05) is 20.7 Å². The second-order valence-corrected chi connectivity index (χ2v) is 7.01. The minimum absolute atomic E-state index is 0.0651. The lowest BCUT2D eigenvalue weighted by Gasteiger charge is -2.20. The second kappa shape index (κ2) is 10.1. The van der Waals surface area contributed by atoms with Crippen molar-refractivity contribution in [3.8, 4) is 11.5 Å². The molecule has 0 aliphatic rings. The fourth-order valence-corrected chi connectivity index (χ4v) is 3.13. The zero-order valence-corrected chi connectivity index (χ0v) is 17.2. The van der Waals surface area contributed by atoms with Gasteiger partial charge in [0, 0.05) is 36.2 Å². The molecule has 1 radical (unpaired) electrons. The fourth-order valence-electron chi connectivity index (χ4n) is 3.00. The predicted molar refractivity (Wildman–Crippen MR) is 115 cm³/mol. The van der Waals surface area contributed by atoms with Crippen LogP contribution < -0.4 is 14.8 Å². The highest BCUT2D eigenvalue weighted by Crippen LogP contribution is 2.27. The first-order valence-corrected chi connectivity index (χ1v) is 9.75. The molecule has 1 unspecified atom stereocenters. The molecule has 3 aromatic carbocycles. The van der Waals surface area contributed by atoms with E-state index in [0.717, 1.165) is 12.0 Å². The number of carbonyl (C=O) groups excluding carboxylic acids is 1. The van der Waals surface area contributed by atoms with Crippen LogP contribution in [0.2, 0.25) is 5.02 Å². The lowest BCUT2D eigenvalue weighted by Crippen LogP contribution is -2.13. The van der Waals surface area contributed by atoms with Gasteiger partial charge in [-0.2, -0.15) is 0 Å². The normalized spacial score (nSPS) is 11.7. The van der Waals surface area contributed by atoms with E-state index >= 15 is 0 Å². The highest BCUT2D eigenvalue weighted by molar-refractivity contribution is 6.30. The molecule has 29 heavy (non-hydrogen) atoms. The largest absolute Gasteiger partial charge is 0.497 e. The Balaban J connectivity index is 1.80. The van der Waals surface area contributed by atoms with E-state index in [1.54, 1.807) is 50.6 Å². The van der Waals surface area contributed by atoms with E-state index in [-0.39, 0.29) is 11.9 Å². The Bertz CT molecular complexity index is 939. The molecule has 0 aliphatic heterocycles. The van der Waals surface area contributed by atoms with Crippen LogP contribution in [0.4, 0.5) is 0 Å². The first-order chi connectivity index (χ1) is 14.1. The Morgan fingerprint density at radius 3 is 2.34 bits per heavy atom. The van der Waals surface area contributed by atoms with Crippen LogP contribution in [0.5, 0.6) is 11.5 Å². The summed E-state index contributed by atoms with van der Waals surface area (Å²) >= 11 is 6.01. The minimum Gasteiger partial charge on any atom is -0.497 e.